The number of benzene rings is 1. The van der Waals surface area contributed by atoms with Crippen LogP contribution in [-0.4, -0.2) is 17.7 Å². The van der Waals surface area contributed by atoms with Gasteiger partial charge in [-0.05, 0) is 17.7 Å². The molecule has 2 N–H and O–H groups in total. The summed E-state index contributed by atoms with van der Waals surface area (Å²) in [6, 6.07) is 4.96. The van der Waals surface area contributed by atoms with Gasteiger partial charge in [-0.25, -0.2) is 9.37 Å². The maximum atomic E-state index is 14.4. The summed E-state index contributed by atoms with van der Waals surface area (Å²) in [5.74, 6) is -0.196. The van der Waals surface area contributed by atoms with E-state index in [1.165, 1.54) is 6.07 Å². The number of nitrogens with zero attached hydrogens (tertiary/aromatic N) is 2. The fraction of sp³-hybridized carbons (Fsp3) is 0.0769. The molecule has 18 heavy (non-hydrogen) atoms. The molecule has 2 aromatic rings. The molecule has 0 unspecified atom stereocenters. The van der Waals surface area contributed by atoms with E-state index in [0.29, 0.717) is 22.5 Å². The molecule has 0 bridgehead atoms. The summed E-state index contributed by atoms with van der Waals surface area (Å²) in [4.78, 5) is 8.06. The molecule has 1 aliphatic heterocycles. The Labute approximate surface area is 108 Å². The fourth-order valence-electron chi connectivity index (χ4n) is 2.00. The molecule has 3 rings (SSSR count). The van der Waals surface area contributed by atoms with Crippen LogP contribution in [0.15, 0.2) is 29.3 Å². The molecular formula is C13H9ClFN3. The summed E-state index contributed by atoms with van der Waals surface area (Å²) in [6.07, 6.45) is 3.46. The molecular weight excluding hydrogens is 253 g/mol. The van der Waals surface area contributed by atoms with E-state index in [-0.39, 0.29) is 11.3 Å². The van der Waals surface area contributed by atoms with E-state index in [0.717, 1.165) is 5.57 Å². The number of hydrogen-bond acceptors (Lipinski definition) is 3. The van der Waals surface area contributed by atoms with Crippen LogP contribution in [0.25, 0.3) is 16.5 Å². The predicted molar refractivity (Wildman–Crippen MR) is 72.5 cm³/mol. The molecule has 0 spiro atoms. The highest BCUT2D eigenvalue weighted by atomic mass is 35.5. The normalized spacial score (nSPS) is 14.2. The molecule has 1 aromatic carbocycles. The van der Waals surface area contributed by atoms with E-state index in [1.807, 2.05) is 0 Å². The van der Waals surface area contributed by atoms with Crippen LogP contribution < -0.4 is 5.73 Å². The van der Waals surface area contributed by atoms with Crippen molar-refractivity contribution in [1.29, 1.82) is 0 Å². The zero-order valence-corrected chi connectivity index (χ0v) is 10.1. The van der Waals surface area contributed by atoms with Crippen LogP contribution >= 0.6 is 11.6 Å². The highest BCUT2D eigenvalue weighted by Gasteiger charge is 2.15. The van der Waals surface area contributed by atoms with Gasteiger partial charge in [0.25, 0.3) is 0 Å². The molecule has 1 aliphatic rings. The summed E-state index contributed by atoms with van der Waals surface area (Å²) >= 11 is 6.02. The maximum absolute atomic E-state index is 14.4. The van der Waals surface area contributed by atoms with Crippen molar-refractivity contribution >= 4 is 40.1 Å². The van der Waals surface area contributed by atoms with E-state index in [2.05, 4.69) is 9.98 Å². The Morgan fingerprint density at radius 3 is 2.89 bits per heavy atom. The second kappa shape index (κ2) is 4.07. The smallest absolute Gasteiger partial charge is 0.157 e. The molecule has 5 heteroatoms. The Bertz CT molecular complexity index is 707. The third-order valence-corrected chi connectivity index (χ3v) is 3.19. The lowest BCUT2D eigenvalue weighted by molar-refractivity contribution is 0.633. The van der Waals surface area contributed by atoms with E-state index >= 15 is 0 Å². The van der Waals surface area contributed by atoms with Crippen LogP contribution in [0.3, 0.4) is 0 Å². The van der Waals surface area contributed by atoms with Crippen LogP contribution in [-0.2, 0) is 0 Å². The van der Waals surface area contributed by atoms with Gasteiger partial charge in [0.2, 0.25) is 0 Å². The number of aliphatic imine (C=N–C) groups is 1. The minimum atomic E-state index is -0.404. The molecule has 0 amide bonds. The molecule has 0 radical (unpaired) electrons. The fourth-order valence-corrected chi connectivity index (χ4v) is 2.27. The average Bonchev–Trinajstić information content (AvgIpc) is 2.84. The number of anilines is 1. The Kier molecular flexibility index (Phi) is 2.52. The van der Waals surface area contributed by atoms with Crippen molar-refractivity contribution in [3.63, 3.8) is 0 Å². The Morgan fingerprint density at radius 2 is 2.17 bits per heavy atom. The van der Waals surface area contributed by atoms with Gasteiger partial charge in [0.15, 0.2) is 5.82 Å². The van der Waals surface area contributed by atoms with Crippen LogP contribution in [0.5, 0.6) is 0 Å². The van der Waals surface area contributed by atoms with Gasteiger partial charge in [-0.2, -0.15) is 0 Å². The first-order valence-electron chi connectivity index (χ1n) is 5.40. The monoisotopic (exact) mass is 261 g/mol. The largest absolute Gasteiger partial charge is 0.384 e. The standard InChI is InChI=1S/C13H9ClFN3/c14-10-5-11(16)18-13-9(10)2-1-8(12(13)15)7-3-4-17-6-7/h1-5H,6H2,(H2,16,18). The van der Waals surface area contributed by atoms with Crippen LogP contribution in [0.2, 0.25) is 5.02 Å². The number of nitrogens with two attached hydrogens (primary N) is 1. The topological polar surface area (TPSA) is 51.3 Å². The summed E-state index contributed by atoms with van der Waals surface area (Å²) in [5.41, 5.74) is 7.12. The quantitative estimate of drug-likeness (QED) is 0.858. The van der Waals surface area contributed by atoms with Crippen LogP contribution in [0.4, 0.5) is 10.2 Å². The van der Waals surface area contributed by atoms with Crippen molar-refractivity contribution in [3.05, 3.63) is 40.7 Å². The molecule has 3 nitrogen and oxygen atoms in total. The summed E-state index contributed by atoms with van der Waals surface area (Å²) in [5, 5.41) is 0.964. The summed E-state index contributed by atoms with van der Waals surface area (Å²) in [7, 11) is 0. The van der Waals surface area contributed by atoms with E-state index < -0.39 is 5.82 Å². The van der Waals surface area contributed by atoms with Gasteiger partial charge >= 0.3 is 0 Å². The number of aromatic nitrogens is 1. The summed E-state index contributed by atoms with van der Waals surface area (Å²) in [6.45, 7) is 0.485. The number of fused-ring (bicyclic) bond motifs is 1. The van der Waals surface area contributed by atoms with Gasteiger partial charge in [-0.1, -0.05) is 23.7 Å². The Morgan fingerprint density at radius 1 is 1.33 bits per heavy atom. The van der Waals surface area contributed by atoms with E-state index in [1.54, 1.807) is 24.4 Å². The number of rotatable bonds is 1. The molecule has 0 saturated heterocycles. The van der Waals surface area contributed by atoms with Crippen molar-refractivity contribution in [2.24, 2.45) is 4.99 Å². The van der Waals surface area contributed by atoms with Gasteiger partial charge in [0.1, 0.15) is 11.3 Å². The van der Waals surface area contributed by atoms with Crippen LogP contribution in [0.1, 0.15) is 5.56 Å². The molecule has 0 aliphatic carbocycles. The zero-order valence-electron chi connectivity index (χ0n) is 9.32. The lowest BCUT2D eigenvalue weighted by atomic mass is 10.0. The van der Waals surface area contributed by atoms with Crippen molar-refractivity contribution in [3.8, 4) is 0 Å². The van der Waals surface area contributed by atoms with Crippen LogP contribution in [0, 0.1) is 5.82 Å². The molecule has 2 heterocycles. The van der Waals surface area contributed by atoms with Gasteiger partial charge in [0, 0.05) is 17.2 Å². The molecule has 0 atom stereocenters. The lowest BCUT2D eigenvalue weighted by Gasteiger charge is -2.08. The Hall–Kier alpha value is -1.94. The van der Waals surface area contributed by atoms with Crippen molar-refractivity contribution in [2.75, 3.05) is 12.3 Å². The van der Waals surface area contributed by atoms with Gasteiger partial charge in [0.05, 0.1) is 11.6 Å². The molecule has 90 valence electrons. The first kappa shape index (κ1) is 11.2. The van der Waals surface area contributed by atoms with Gasteiger partial charge < -0.3 is 5.73 Å². The predicted octanol–water partition coefficient (Wildman–Crippen LogP) is 3.08. The minimum absolute atomic E-state index is 0.199. The number of nitrogen functional groups attached to an aromatic ring is 1. The van der Waals surface area contributed by atoms with Gasteiger partial charge in [-0.15, -0.1) is 0 Å². The highest BCUT2D eigenvalue weighted by Crippen LogP contribution is 2.30. The van der Waals surface area contributed by atoms with Crippen molar-refractivity contribution in [1.82, 2.24) is 4.98 Å². The third kappa shape index (κ3) is 1.66. The average molecular weight is 262 g/mol. The molecule has 1 aromatic heterocycles. The third-order valence-electron chi connectivity index (χ3n) is 2.88. The minimum Gasteiger partial charge on any atom is -0.384 e. The second-order valence-corrected chi connectivity index (χ2v) is 4.44. The van der Waals surface area contributed by atoms with E-state index in [4.69, 9.17) is 17.3 Å². The van der Waals surface area contributed by atoms with E-state index in [9.17, 15) is 4.39 Å². The Balaban J connectivity index is 2.28. The SMILES string of the molecule is Nc1cc(Cl)c2ccc(C3=CC=NC3)c(F)c2n1. The lowest BCUT2D eigenvalue weighted by Crippen LogP contribution is -1.97. The maximum Gasteiger partial charge on any atom is 0.157 e. The number of hydrogen-bond donors (Lipinski definition) is 1. The zero-order chi connectivity index (χ0) is 12.7. The molecule has 0 fully saturated rings. The number of pyridine rings is 1. The van der Waals surface area contributed by atoms with Crippen molar-refractivity contribution < 1.29 is 4.39 Å². The number of halogens is 2. The first-order valence-corrected chi connectivity index (χ1v) is 5.78. The van der Waals surface area contributed by atoms with Gasteiger partial charge in [-0.3, -0.25) is 4.99 Å². The highest BCUT2D eigenvalue weighted by molar-refractivity contribution is 6.35. The number of allylic oxidation sites excluding steroid dienone is 1. The second-order valence-electron chi connectivity index (χ2n) is 4.03. The first-order chi connectivity index (χ1) is 8.66. The van der Waals surface area contributed by atoms with Crippen molar-refractivity contribution in [2.45, 2.75) is 0 Å². The summed E-state index contributed by atoms with van der Waals surface area (Å²) < 4.78 is 14.4. The molecule has 0 saturated carbocycles.